The van der Waals surface area contributed by atoms with Gasteiger partial charge in [-0.15, -0.1) is 0 Å². The molecule has 0 radical (unpaired) electrons. The number of hydrogen-bond donors (Lipinski definition) is 1. The predicted molar refractivity (Wildman–Crippen MR) is 72.4 cm³/mol. The predicted octanol–water partition coefficient (Wildman–Crippen LogP) is 2.96. The van der Waals surface area contributed by atoms with Gasteiger partial charge in [0.25, 0.3) is 0 Å². The lowest BCUT2D eigenvalue weighted by molar-refractivity contribution is -0.130. The number of halogens is 3. The average molecular weight is 322 g/mol. The van der Waals surface area contributed by atoms with E-state index in [9.17, 15) is 18.0 Å². The Morgan fingerprint density at radius 3 is 2.80 bits per heavy atom. The van der Waals surface area contributed by atoms with Crippen LogP contribution in [0.1, 0.15) is 24.6 Å². The summed E-state index contributed by atoms with van der Waals surface area (Å²) in [6.07, 6.45) is 1.26. The summed E-state index contributed by atoms with van der Waals surface area (Å²) in [5.41, 5.74) is -3.80. The second kappa shape index (κ2) is 4.92. The van der Waals surface area contributed by atoms with Crippen molar-refractivity contribution in [1.82, 2.24) is 10.2 Å². The van der Waals surface area contributed by atoms with Crippen LogP contribution in [-0.4, -0.2) is 34.2 Å². The van der Waals surface area contributed by atoms with Gasteiger partial charge in [0.1, 0.15) is 11.7 Å². The van der Waals surface area contributed by atoms with E-state index in [1.807, 2.05) is 16.8 Å². The first-order valence-corrected chi connectivity index (χ1v) is 8.16. The molecule has 1 saturated carbocycles. The van der Waals surface area contributed by atoms with Crippen LogP contribution in [0.2, 0.25) is 0 Å². The maximum atomic E-state index is 12.3. The highest BCUT2D eigenvalue weighted by Crippen LogP contribution is 2.46. The Morgan fingerprint density at radius 2 is 2.25 bits per heavy atom. The number of alkyl halides is 3. The van der Waals surface area contributed by atoms with Gasteiger partial charge in [-0.05, 0) is 47.0 Å². The van der Waals surface area contributed by atoms with Crippen LogP contribution in [0.4, 0.5) is 13.2 Å². The molecule has 1 saturated heterocycles. The van der Waals surface area contributed by atoms with Crippen LogP contribution in [-0.2, 0) is 4.79 Å². The second-order valence-electron chi connectivity index (χ2n) is 4.98. The van der Waals surface area contributed by atoms with Crippen LogP contribution in [0.25, 0.3) is 0 Å². The molecule has 0 aromatic carbocycles. The van der Waals surface area contributed by atoms with Gasteiger partial charge in [0.15, 0.2) is 0 Å². The molecule has 1 aromatic rings. The van der Waals surface area contributed by atoms with Gasteiger partial charge in [-0.1, -0.05) is 0 Å². The van der Waals surface area contributed by atoms with E-state index in [-0.39, 0.29) is 36.1 Å². The summed E-state index contributed by atoms with van der Waals surface area (Å²) < 4.78 is 36.6. The molecule has 8 heteroatoms. The van der Waals surface area contributed by atoms with Crippen molar-refractivity contribution in [3.05, 3.63) is 22.4 Å². The van der Waals surface area contributed by atoms with Crippen molar-refractivity contribution >= 4 is 29.0 Å². The van der Waals surface area contributed by atoms with E-state index < -0.39 is 11.0 Å². The third-order valence-corrected chi connectivity index (χ3v) is 5.02. The van der Waals surface area contributed by atoms with Gasteiger partial charge in [0, 0.05) is 12.3 Å². The van der Waals surface area contributed by atoms with Crippen molar-refractivity contribution in [2.45, 2.75) is 30.1 Å². The van der Waals surface area contributed by atoms with Crippen molar-refractivity contribution in [1.29, 1.82) is 0 Å². The summed E-state index contributed by atoms with van der Waals surface area (Å²) in [4.78, 5) is 13.9. The van der Waals surface area contributed by atoms with Crippen LogP contribution in [0.3, 0.4) is 0 Å². The zero-order valence-corrected chi connectivity index (χ0v) is 12.1. The number of carbonyl (C=O) groups excluding carboxylic acids is 1. The van der Waals surface area contributed by atoms with E-state index in [1.165, 1.54) is 11.3 Å². The van der Waals surface area contributed by atoms with Crippen LogP contribution < -0.4 is 5.32 Å². The quantitative estimate of drug-likeness (QED) is 0.925. The Hall–Kier alpha value is -0.730. The van der Waals surface area contributed by atoms with Crippen LogP contribution in [0.15, 0.2) is 16.8 Å². The number of hydrogen-bond acceptors (Lipinski definition) is 4. The maximum Gasteiger partial charge on any atom is 0.441 e. The largest absolute Gasteiger partial charge is 0.441 e. The fraction of sp³-hybridized carbons (Fsp3) is 0.583. The molecule has 3 nitrogen and oxygen atoms in total. The van der Waals surface area contributed by atoms with Gasteiger partial charge >= 0.3 is 5.51 Å². The summed E-state index contributed by atoms with van der Waals surface area (Å²) in [7, 11) is 0. The Morgan fingerprint density at radius 1 is 1.50 bits per heavy atom. The summed E-state index contributed by atoms with van der Waals surface area (Å²) in [5, 5.41) is 7.12. The minimum absolute atomic E-state index is 0.0588. The lowest BCUT2D eigenvalue weighted by Crippen LogP contribution is -2.34. The molecular formula is C12H13F3N2OS2. The van der Waals surface area contributed by atoms with Crippen molar-refractivity contribution in [3.63, 3.8) is 0 Å². The Kier molecular flexibility index (Phi) is 3.50. The third-order valence-electron chi connectivity index (χ3n) is 3.60. The van der Waals surface area contributed by atoms with Gasteiger partial charge in [0.05, 0.1) is 0 Å². The summed E-state index contributed by atoms with van der Waals surface area (Å²) in [5.74, 6) is -0.190. The van der Waals surface area contributed by atoms with Gasteiger partial charge in [-0.2, -0.15) is 24.5 Å². The Labute approximate surface area is 122 Å². The van der Waals surface area contributed by atoms with E-state index in [1.54, 1.807) is 4.90 Å². The molecule has 1 aliphatic heterocycles. The highest BCUT2D eigenvalue weighted by Gasteiger charge is 2.59. The monoisotopic (exact) mass is 322 g/mol. The van der Waals surface area contributed by atoms with Crippen LogP contribution in [0.5, 0.6) is 0 Å². The summed E-state index contributed by atoms with van der Waals surface area (Å²) in [6.45, 7) is 0.109. The molecule has 2 fully saturated rings. The molecule has 20 heavy (non-hydrogen) atoms. The first-order valence-electron chi connectivity index (χ1n) is 6.23. The van der Waals surface area contributed by atoms with Gasteiger partial charge in [0.2, 0.25) is 5.91 Å². The molecule has 2 heterocycles. The van der Waals surface area contributed by atoms with Gasteiger partial charge < -0.3 is 4.90 Å². The summed E-state index contributed by atoms with van der Waals surface area (Å²) >= 11 is 1.44. The van der Waals surface area contributed by atoms with Crippen LogP contribution in [0, 0.1) is 0 Å². The standard InChI is InChI=1S/C12H13F3N2OS2/c13-12(14,15)20-6-4-17-9(8-1-5-19-7-8)16-11(2-3-11)10(17)18/h1,5,7,9,16H,2-4,6H2. The molecule has 0 bridgehead atoms. The normalized spacial score (nSPS) is 24.6. The highest BCUT2D eigenvalue weighted by molar-refractivity contribution is 8.00. The van der Waals surface area contributed by atoms with Crippen LogP contribution >= 0.6 is 23.1 Å². The van der Waals surface area contributed by atoms with Crippen molar-refractivity contribution in [2.75, 3.05) is 12.3 Å². The van der Waals surface area contributed by atoms with E-state index >= 15 is 0 Å². The molecule has 1 aliphatic carbocycles. The SMILES string of the molecule is O=C1N(CCSC(F)(F)F)C(c2ccsc2)NC12CC2. The van der Waals surface area contributed by atoms with Gasteiger partial charge in [-0.25, -0.2) is 0 Å². The minimum Gasteiger partial charge on any atom is -0.320 e. The fourth-order valence-corrected chi connectivity index (χ4v) is 3.66. The minimum atomic E-state index is -4.24. The number of nitrogens with one attached hydrogen (secondary N) is 1. The second-order valence-corrected chi connectivity index (χ2v) is 6.92. The third kappa shape index (κ3) is 2.68. The van der Waals surface area contributed by atoms with Gasteiger partial charge in [-0.3, -0.25) is 10.1 Å². The van der Waals surface area contributed by atoms with Crippen molar-refractivity contribution < 1.29 is 18.0 Å². The Balaban J connectivity index is 1.70. The Bertz CT molecular complexity index is 499. The zero-order valence-electron chi connectivity index (χ0n) is 10.4. The number of thiophene rings is 1. The molecule has 1 atom stereocenters. The first kappa shape index (κ1) is 14.2. The van der Waals surface area contributed by atoms with Crippen molar-refractivity contribution in [3.8, 4) is 0 Å². The lowest BCUT2D eigenvalue weighted by Gasteiger charge is -2.23. The maximum absolute atomic E-state index is 12.3. The number of rotatable bonds is 4. The van der Waals surface area contributed by atoms with Crippen molar-refractivity contribution in [2.24, 2.45) is 0 Å². The van der Waals surface area contributed by atoms with E-state index in [0.717, 1.165) is 18.4 Å². The number of thioether (sulfide) groups is 1. The number of amides is 1. The molecule has 1 aromatic heterocycles. The molecule has 2 aliphatic rings. The molecular weight excluding hydrogens is 309 g/mol. The number of carbonyl (C=O) groups is 1. The lowest BCUT2D eigenvalue weighted by atomic mass is 10.2. The molecule has 3 rings (SSSR count). The first-order chi connectivity index (χ1) is 9.41. The molecule has 1 spiro atoms. The molecule has 110 valence electrons. The van der Waals surface area contributed by atoms with E-state index in [2.05, 4.69) is 5.32 Å². The summed E-state index contributed by atoms with van der Waals surface area (Å²) in [6, 6.07) is 1.90. The molecule has 1 amide bonds. The topological polar surface area (TPSA) is 32.3 Å². The van der Waals surface area contributed by atoms with E-state index in [4.69, 9.17) is 0 Å². The fourth-order valence-electron chi connectivity index (χ4n) is 2.46. The average Bonchev–Trinajstić information content (AvgIpc) is 2.83. The number of nitrogens with zero attached hydrogens (tertiary/aromatic N) is 1. The zero-order chi connectivity index (χ0) is 14.4. The van der Waals surface area contributed by atoms with E-state index in [0.29, 0.717) is 0 Å². The highest BCUT2D eigenvalue weighted by atomic mass is 32.2. The smallest absolute Gasteiger partial charge is 0.320 e. The molecule has 1 N–H and O–H groups in total. The molecule has 1 unspecified atom stereocenters.